The normalized spacial score (nSPS) is 13.5. The Balaban J connectivity index is 1.26. The van der Waals surface area contributed by atoms with E-state index in [-0.39, 0.29) is 36.1 Å². The molecule has 8 nitrogen and oxygen atoms in total. The van der Waals surface area contributed by atoms with Crippen LogP contribution in [0.5, 0.6) is 0 Å². The van der Waals surface area contributed by atoms with Gasteiger partial charge in [-0.3, -0.25) is 19.0 Å². The molecule has 200 valence electrons. The monoisotopic (exact) mass is 561 g/mol. The van der Waals surface area contributed by atoms with Gasteiger partial charge in [-0.05, 0) is 36.4 Å². The van der Waals surface area contributed by atoms with E-state index in [1.165, 1.54) is 4.57 Å². The quantitative estimate of drug-likeness (QED) is 0.251. The molecule has 2 amide bonds. The number of hydrogen-bond acceptors (Lipinski definition) is 6. The van der Waals surface area contributed by atoms with E-state index in [1.54, 1.807) is 42.5 Å². The largest absolute Gasteiger partial charge is 0.368 e. The third-order valence-corrected chi connectivity index (χ3v) is 7.92. The maximum atomic E-state index is 13.4. The molecule has 0 bridgehead atoms. The molecule has 5 rings (SSSR count). The molecule has 2 heterocycles. The lowest BCUT2D eigenvalue weighted by Crippen LogP contribution is -2.49. The first-order valence-electron chi connectivity index (χ1n) is 12.7. The average molecular weight is 562 g/mol. The van der Waals surface area contributed by atoms with Crippen molar-refractivity contribution in [3.05, 3.63) is 94.2 Å². The Morgan fingerprint density at radius 3 is 2.36 bits per heavy atom. The van der Waals surface area contributed by atoms with Crippen LogP contribution in [0, 0.1) is 0 Å². The Kier molecular flexibility index (Phi) is 8.48. The second kappa shape index (κ2) is 12.4. The van der Waals surface area contributed by atoms with E-state index in [0.717, 1.165) is 30.5 Å². The highest BCUT2D eigenvalue weighted by atomic mass is 35.5. The Morgan fingerprint density at radius 2 is 1.59 bits per heavy atom. The highest BCUT2D eigenvalue weighted by molar-refractivity contribution is 7.99. The van der Waals surface area contributed by atoms with Crippen LogP contribution in [-0.4, -0.2) is 58.2 Å². The van der Waals surface area contributed by atoms with Gasteiger partial charge in [-0.2, -0.15) is 0 Å². The van der Waals surface area contributed by atoms with E-state index in [4.69, 9.17) is 11.6 Å². The molecule has 0 unspecified atom stereocenters. The summed E-state index contributed by atoms with van der Waals surface area (Å²) in [6.07, 6.45) is 0.171. The highest BCUT2D eigenvalue weighted by Gasteiger charge is 2.22. The van der Waals surface area contributed by atoms with Gasteiger partial charge in [-0.1, -0.05) is 65.8 Å². The van der Waals surface area contributed by atoms with E-state index >= 15 is 0 Å². The number of hydrogen-bond donors (Lipinski definition) is 1. The number of para-hydroxylation sites is 3. The lowest BCUT2D eigenvalue weighted by Gasteiger charge is -2.36. The smallest absolute Gasteiger partial charge is 0.262 e. The number of amides is 2. The lowest BCUT2D eigenvalue weighted by molar-refractivity contribution is -0.131. The van der Waals surface area contributed by atoms with Crippen LogP contribution in [0.4, 0.5) is 11.4 Å². The van der Waals surface area contributed by atoms with Crippen LogP contribution in [0.3, 0.4) is 0 Å². The van der Waals surface area contributed by atoms with Gasteiger partial charge in [0.15, 0.2) is 5.16 Å². The minimum atomic E-state index is -0.269. The van der Waals surface area contributed by atoms with E-state index in [0.29, 0.717) is 39.9 Å². The van der Waals surface area contributed by atoms with Crippen LogP contribution in [0.2, 0.25) is 5.02 Å². The number of halogens is 1. The molecule has 1 saturated heterocycles. The number of rotatable bonds is 8. The van der Waals surface area contributed by atoms with Gasteiger partial charge in [-0.15, -0.1) is 0 Å². The molecule has 1 aliphatic rings. The molecule has 0 aliphatic carbocycles. The first-order valence-corrected chi connectivity index (χ1v) is 14.1. The molecule has 0 radical (unpaired) electrons. The fourth-order valence-electron chi connectivity index (χ4n) is 4.55. The molecule has 1 fully saturated rings. The summed E-state index contributed by atoms with van der Waals surface area (Å²) in [6, 6.07) is 24.3. The number of aromatic nitrogens is 2. The highest BCUT2D eigenvalue weighted by Crippen LogP contribution is 2.23. The van der Waals surface area contributed by atoms with Crippen molar-refractivity contribution in [3.63, 3.8) is 0 Å². The first kappa shape index (κ1) is 26.8. The van der Waals surface area contributed by atoms with E-state index < -0.39 is 0 Å². The van der Waals surface area contributed by atoms with Crippen molar-refractivity contribution in [3.8, 4) is 0 Å². The summed E-state index contributed by atoms with van der Waals surface area (Å²) in [6.45, 7) is 2.96. The minimum Gasteiger partial charge on any atom is -0.368 e. The standard InChI is InChI=1S/C29H28ClN5O3S/c30-23-11-5-7-13-25(23)31-26(36)20-39-29-32-24-12-6-4-10-22(24)28(38)35(29)15-14-27(37)34-18-16-33(17-19-34)21-8-2-1-3-9-21/h1-13H,14-20H2,(H,31,36). The van der Waals surface area contributed by atoms with Crippen LogP contribution in [-0.2, 0) is 16.1 Å². The van der Waals surface area contributed by atoms with Gasteiger partial charge in [-0.25, -0.2) is 4.98 Å². The van der Waals surface area contributed by atoms with Crippen LogP contribution < -0.4 is 15.8 Å². The Morgan fingerprint density at radius 1 is 0.897 bits per heavy atom. The van der Waals surface area contributed by atoms with Gasteiger partial charge in [0, 0.05) is 44.8 Å². The van der Waals surface area contributed by atoms with Gasteiger partial charge in [0.05, 0.1) is 27.4 Å². The number of carbonyl (C=O) groups excluding carboxylic acids is 2. The fraction of sp³-hybridized carbons (Fsp3) is 0.241. The van der Waals surface area contributed by atoms with Crippen LogP contribution >= 0.6 is 23.4 Å². The van der Waals surface area contributed by atoms with Crippen LogP contribution in [0.15, 0.2) is 88.8 Å². The van der Waals surface area contributed by atoms with Gasteiger partial charge < -0.3 is 15.1 Å². The predicted molar refractivity (Wildman–Crippen MR) is 157 cm³/mol. The first-order chi connectivity index (χ1) is 19.0. The van der Waals surface area contributed by atoms with Crippen molar-refractivity contribution in [1.82, 2.24) is 14.5 Å². The zero-order chi connectivity index (χ0) is 27.2. The molecule has 0 spiro atoms. The zero-order valence-corrected chi connectivity index (χ0v) is 22.8. The molecule has 0 saturated carbocycles. The van der Waals surface area contributed by atoms with Crippen molar-refractivity contribution in [2.45, 2.75) is 18.1 Å². The van der Waals surface area contributed by atoms with E-state index in [1.807, 2.05) is 29.2 Å². The summed E-state index contributed by atoms with van der Waals surface area (Å²) in [5.41, 5.74) is 2.00. The second-order valence-corrected chi connectivity index (χ2v) is 10.5. The number of thioether (sulfide) groups is 1. The van der Waals surface area contributed by atoms with E-state index in [9.17, 15) is 14.4 Å². The molecule has 0 atom stereocenters. The number of nitrogens with zero attached hydrogens (tertiary/aromatic N) is 4. The Hall–Kier alpha value is -3.82. The zero-order valence-electron chi connectivity index (χ0n) is 21.3. The third-order valence-electron chi connectivity index (χ3n) is 6.61. The van der Waals surface area contributed by atoms with Crippen LogP contribution in [0.1, 0.15) is 6.42 Å². The summed E-state index contributed by atoms with van der Waals surface area (Å²) in [5.74, 6) is -0.240. The number of piperazine rings is 1. The molecule has 1 aliphatic heterocycles. The lowest BCUT2D eigenvalue weighted by atomic mass is 10.2. The third kappa shape index (κ3) is 6.43. The molecule has 1 aromatic heterocycles. The number of carbonyl (C=O) groups is 2. The average Bonchev–Trinajstić information content (AvgIpc) is 2.97. The minimum absolute atomic E-state index is 0.00446. The molecule has 10 heteroatoms. The van der Waals surface area contributed by atoms with Crippen molar-refractivity contribution in [1.29, 1.82) is 0 Å². The second-order valence-electron chi connectivity index (χ2n) is 9.14. The summed E-state index contributed by atoms with van der Waals surface area (Å²) in [5, 5.41) is 4.11. The van der Waals surface area contributed by atoms with Crippen molar-refractivity contribution in [2.24, 2.45) is 0 Å². The van der Waals surface area contributed by atoms with Gasteiger partial charge in [0.2, 0.25) is 11.8 Å². The number of anilines is 2. The molecule has 4 aromatic rings. The number of nitrogens with one attached hydrogen (secondary N) is 1. The van der Waals surface area contributed by atoms with Gasteiger partial charge >= 0.3 is 0 Å². The van der Waals surface area contributed by atoms with Crippen molar-refractivity contribution in [2.75, 3.05) is 42.1 Å². The van der Waals surface area contributed by atoms with Gasteiger partial charge in [0.1, 0.15) is 0 Å². The molecular formula is C29H28ClN5O3S. The molecule has 39 heavy (non-hydrogen) atoms. The van der Waals surface area contributed by atoms with Crippen LogP contribution in [0.25, 0.3) is 10.9 Å². The maximum Gasteiger partial charge on any atom is 0.262 e. The number of fused-ring (bicyclic) bond motifs is 1. The molecule has 3 aromatic carbocycles. The van der Waals surface area contributed by atoms with Crippen molar-refractivity contribution < 1.29 is 9.59 Å². The summed E-state index contributed by atoms with van der Waals surface area (Å²) in [7, 11) is 0. The fourth-order valence-corrected chi connectivity index (χ4v) is 5.56. The maximum absolute atomic E-state index is 13.4. The van der Waals surface area contributed by atoms with Gasteiger partial charge in [0.25, 0.3) is 5.56 Å². The predicted octanol–water partition coefficient (Wildman–Crippen LogP) is 4.52. The summed E-state index contributed by atoms with van der Waals surface area (Å²) < 4.78 is 1.51. The SMILES string of the molecule is O=C(CSc1nc2ccccc2c(=O)n1CCC(=O)N1CCN(c2ccccc2)CC1)Nc1ccccc1Cl. The Bertz CT molecular complexity index is 1540. The van der Waals surface area contributed by atoms with Crippen molar-refractivity contribution >= 4 is 57.5 Å². The molecular weight excluding hydrogens is 534 g/mol. The number of benzene rings is 3. The summed E-state index contributed by atoms with van der Waals surface area (Å²) >= 11 is 7.31. The molecule has 1 N–H and O–H groups in total. The topological polar surface area (TPSA) is 87.5 Å². The Labute approximate surface area is 235 Å². The summed E-state index contributed by atoms with van der Waals surface area (Å²) in [4.78, 5) is 47.9. The van der Waals surface area contributed by atoms with E-state index in [2.05, 4.69) is 27.3 Å².